The van der Waals surface area contributed by atoms with Gasteiger partial charge in [-0.15, -0.1) is 0 Å². The SMILES string of the molecule is COc1ncccc1C(C=O)N(C)C(=O)OC(C)(C)C. The Morgan fingerprint density at radius 1 is 1.45 bits per heavy atom. The van der Waals surface area contributed by atoms with Gasteiger partial charge in [-0.1, -0.05) is 0 Å². The molecule has 1 aromatic rings. The second-order valence-corrected chi connectivity index (χ2v) is 5.27. The van der Waals surface area contributed by atoms with E-state index in [1.54, 1.807) is 39.1 Å². The molecule has 0 fully saturated rings. The Morgan fingerprint density at radius 3 is 2.60 bits per heavy atom. The van der Waals surface area contributed by atoms with Crippen molar-refractivity contribution in [1.82, 2.24) is 9.88 Å². The number of pyridine rings is 1. The molecule has 1 unspecified atom stereocenters. The first-order valence-electron chi connectivity index (χ1n) is 6.20. The van der Waals surface area contributed by atoms with Crippen molar-refractivity contribution in [2.24, 2.45) is 0 Å². The second kappa shape index (κ2) is 6.36. The molecule has 110 valence electrons. The fourth-order valence-electron chi connectivity index (χ4n) is 1.62. The van der Waals surface area contributed by atoms with Crippen molar-refractivity contribution in [2.75, 3.05) is 14.2 Å². The second-order valence-electron chi connectivity index (χ2n) is 5.27. The van der Waals surface area contributed by atoms with Gasteiger partial charge in [0.15, 0.2) is 0 Å². The van der Waals surface area contributed by atoms with Gasteiger partial charge in [0.1, 0.15) is 17.9 Å². The van der Waals surface area contributed by atoms with Crippen LogP contribution in [0.25, 0.3) is 0 Å². The van der Waals surface area contributed by atoms with Gasteiger partial charge in [0.25, 0.3) is 0 Å². The molecule has 0 spiro atoms. The van der Waals surface area contributed by atoms with Crippen LogP contribution in [0.4, 0.5) is 4.79 Å². The molecular formula is C14H20N2O4. The van der Waals surface area contributed by atoms with Gasteiger partial charge in [-0.2, -0.15) is 0 Å². The van der Waals surface area contributed by atoms with Crippen LogP contribution < -0.4 is 4.74 Å². The van der Waals surface area contributed by atoms with Gasteiger partial charge in [0.05, 0.1) is 7.11 Å². The number of carbonyl (C=O) groups is 2. The van der Waals surface area contributed by atoms with Crippen molar-refractivity contribution in [1.29, 1.82) is 0 Å². The van der Waals surface area contributed by atoms with Crippen LogP contribution in [-0.4, -0.2) is 42.0 Å². The smallest absolute Gasteiger partial charge is 0.410 e. The summed E-state index contributed by atoms with van der Waals surface area (Å²) in [6.07, 6.45) is 1.63. The number of methoxy groups -OCH3 is 1. The number of hydrogen-bond donors (Lipinski definition) is 0. The normalized spacial score (nSPS) is 12.4. The fourth-order valence-corrected chi connectivity index (χ4v) is 1.62. The third kappa shape index (κ3) is 3.94. The summed E-state index contributed by atoms with van der Waals surface area (Å²) in [6, 6.07) is 2.55. The molecule has 1 rings (SSSR count). The van der Waals surface area contributed by atoms with Gasteiger partial charge < -0.3 is 14.3 Å². The zero-order chi connectivity index (χ0) is 15.3. The minimum Gasteiger partial charge on any atom is -0.481 e. The summed E-state index contributed by atoms with van der Waals surface area (Å²) < 4.78 is 10.4. The van der Waals surface area contributed by atoms with Crippen molar-refractivity contribution in [3.8, 4) is 5.88 Å². The lowest BCUT2D eigenvalue weighted by Gasteiger charge is -2.28. The van der Waals surface area contributed by atoms with Crippen molar-refractivity contribution >= 4 is 12.4 Å². The number of nitrogens with zero attached hydrogens (tertiary/aromatic N) is 2. The van der Waals surface area contributed by atoms with Crippen LogP contribution in [0.15, 0.2) is 18.3 Å². The average molecular weight is 280 g/mol. The van der Waals surface area contributed by atoms with Crippen molar-refractivity contribution < 1.29 is 19.1 Å². The number of rotatable bonds is 4. The highest BCUT2D eigenvalue weighted by molar-refractivity contribution is 5.75. The number of likely N-dealkylation sites (N-methyl/N-ethyl adjacent to an activating group) is 1. The lowest BCUT2D eigenvalue weighted by Crippen LogP contribution is -2.37. The van der Waals surface area contributed by atoms with E-state index in [9.17, 15) is 9.59 Å². The lowest BCUT2D eigenvalue weighted by atomic mass is 10.1. The standard InChI is InChI=1S/C14H20N2O4/c1-14(2,3)20-13(18)16(4)11(9-17)10-7-6-8-15-12(10)19-5/h6-9,11H,1-5H3. The molecule has 1 amide bonds. The van der Waals surface area contributed by atoms with Gasteiger partial charge >= 0.3 is 6.09 Å². The lowest BCUT2D eigenvalue weighted by molar-refractivity contribution is -0.112. The minimum absolute atomic E-state index is 0.306. The van der Waals surface area contributed by atoms with E-state index in [0.717, 1.165) is 0 Å². The van der Waals surface area contributed by atoms with Crippen molar-refractivity contribution in [3.05, 3.63) is 23.9 Å². The number of aromatic nitrogens is 1. The largest absolute Gasteiger partial charge is 0.481 e. The third-order valence-electron chi connectivity index (χ3n) is 2.54. The van der Waals surface area contributed by atoms with Gasteiger partial charge in [0, 0.05) is 18.8 Å². The topological polar surface area (TPSA) is 68.7 Å². The molecule has 20 heavy (non-hydrogen) atoms. The fraction of sp³-hybridized carbons (Fsp3) is 0.500. The molecule has 0 saturated heterocycles. The molecule has 0 N–H and O–H groups in total. The van der Waals surface area contributed by atoms with Gasteiger partial charge in [-0.05, 0) is 32.9 Å². The molecule has 0 saturated carbocycles. The van der Waals surface area contributed by atoms with E-state index < -0.39 is 17.7 Å². The molecule has 0 aliphatic carbocycles. The monoisotopic (exact) mass is 280 g/mol. The van der Waals surface area contributed by atoms with Crippen LogP contribution in [0.2, 0.25) is 0 Å². The highest BCUT2D eigenvalue weighted by atomic mass is 16.6. The summed E-state index contributed by atoms with van der Waals surface area (Å²) in [5.74, 6) is 0.306. The highest BCUT2D eigenvalue weighted by Crippen LogP contribution is 2.26. The third-order valence-corrected chi connectivity index (χ3v) is 2.54. The van der Waals surface area contributed by atoms with Crippen LogP contribution >= 0.6 is 0 Å². The molecule has 0 aliphatic rings. The van der Waals surface area contributed by atoms with Gasteiger partial charge in [0.2, 0.25) is 5.88 Å². The number of amides is 1. The minimum atomic E-state index is -0.812. The summed E-state index contributed by atoms with van der Waals surface area (Å²) in [6.45, 7) is 5.29. The maximum atomic E-state index is 12.0. The average Bonchev–Trinajstić information content (AvgIpc) is 2.38. The number of ether oxygens (including phenoxy) is 2. The van der Waals surface area contributed by atoms with Crippen LogP contribution in [-0.2, 0) is 9.53 Å². The van der Waals surface area contributed by atoms with E-state index >= 15 is 0 Å². The van der Waals surface area contributed by atoms with Crippen molar-refractivity contribution in [3.63, 3.8) is 0 Å². The van der Waals surface area contributed by atoms with E-state index in [4.69, 9.17) is 9.47 Å². The van der Waals surface area contributed by atoms with E-state index in [0.29, 0.717) is 17.7 Å². The predicted molar refractivity (Wildman–Crippen MR) is 73.6 cm³/mol. The molecule has 1 atom stereocenters. The molecule has 6 heteroatoms. The maximum absolute atomic E-state index is 12.0. The zero-order valence-electron chi connectivity index (χ0n) is 12.4. The van der Waals surface area contributed by atoms with E-state index in [1.165, 1.54) is 19.1 Å². The Morgan fingerprint density at radius 2 is 2.10 bits per heavy atom. The Hall–Kier alpha value is -2.11. The molecule has 0 aromatic carbocycles. The van der Waals surface area contributed by atoms with Crippen LogP contribution in [0.3, 0.4) is 0 Å². The summed E-state index contributed by atoms with van der Waals surface area (Å²) in [5.41, 5.74) is -0.115. The first-order valence-corrected chi connectivity index (χ1v) is 6.20. The van der Waals surface area contributed by atoms with Crippen LogP contribution in [0.5, 0.6) is 5.88 Å². The van der Waals surface area contributed by atoms with E-state index in [2.05, 4.69) is 4.98 Å². The van der Waals surface area contributed by atoms with Gasteiger partial charge in [-0.3, -0.25) is 4.90 Å². The summed E-state index contributed by atoms with van der Waals surface area (Å²) in [7, 11) is 2.96. The molecule has 0 bridgehead atoms. The molecule has 0 radical (unpaired) electrons. The number of aldehydes is 1. The summed E-state index contributed by atoms with van der Waals surface area (Å²) in [4.78, 5) is 28.6. The Kier molecular flexibility index (Phi) is 5.07. The Bertz CT molecular complexity index is 482. The molecule has 6 nitrogen and oxygen atoms in total. The first-order chi connectivity index (χ1) is 9.30. The van der Waals surface area contributed by atoms with Crippen LogP contribution in [0.1, 0.15) is 32.4 Å². The quantitative estimate of drug-likeness (QED) is 0.791. The molecule has 1 heterocycles. The molecule has 0 aliphatic heterocycles. The number of carbonyl (C=O) groups excluding carboxylic acids is 2. The Labute approximate surface area is 118 Å². The molecular weight excluding hydrogens is 260 g/mol. The summed E-state index contributed by atoms with van der Waals surface area (Å²) in [5, 5.41) is 0. The first kappa shape index (κ1) is 15.9. The number of hydrogen-bond acceptors (Lipinski definition) is 5. The Balaban J connectivity index is 3.01. The van der Waals surface area contributed by atoms with E-state index in [1.807, 2.05) is 0 Å². The predicted octanol–water partition coefficient (Wildman–Crippen LogP) is 2.20. The van der Waals surface area contributed by atoms with E-state index in [-0.39, 0.29) is 0 Å². The van der Waals surface area contributed by atoms with Crippen LogP contribution in [0, 0.1) is 0 Å². The van der Waals surface area contributed by atoms with Crippen molar-refractivity contribution in [2.45, 2.75) is 32.4 Å². The van der Waals surface area contributed by atoms with Gasteiger partial charge in [-0.25, -0.2) is 9.78 Å². The maximum Gasteiger partial charge on any atom is 0.410 e. The highest BCUT2D eigenvalue weighted by Gasteiger charge is 2.28. The summed E-state index contributed by atoms with van der Waals surface area (Å²) >= 11 is 0. The zero-order valence-corrected chi connectivity index (χ0v) is 12.4. The molecule has 1 aromatic heterocycles.